The highest BCUT2D eigenvalue weighted by molar-refractivity contribution is 9.10. The molecule has 0 aliphatic rings. The number of nitrogens with zero attached hydrogens (tertiary/aromatic N) is 2. The first kappa shape index (κ1) is 13.7. The zero-order valence-electron chi connectivity index (χ0n) is 9.52. The van der Waals surface area contributed by atoms with Gasteiger partial charge in [0.2, 0.25) is 0 Å². The topological polar surface area (TPSA) is 92.9 Å². The Morgan fingerprint density at radius 1 is 1.42 bits per heavy atom. The molecule has 0 fully saturated rings. The quantitative estimate of drug-likeness (QED) is 0.452. The van der Waals surface area contributed by atoms with Gasteiger partial charge in [0.25, 0.3) is 5.91 Å². The maximum absolute atomic E-state index is 12.1. The van der Waals surface area contributed by atoms with Gasteiger partial charge in [-0.05, 0) is 34.1 Å². The number of nitrogens with one attached hydrogen (secondary N) is 2. The molecule has 0 aliphatic heterocycles. The molecule has 0 unspecified atom stereocenters. The summed E-state index contributed by atoms with van der Waals surface area (Å²) >= 11 is 9.09. The molecule has 2 rings (SSSR count). The van der Waals surface area contributed by atoms with Gasteiger partial charge in [0, 0.05) is 18.0 Å². The Labute approximate surface area is 122 Å². The first-order valence-electron chi connectivity index (χ1n) is 5.15. The van der Waals surface area contributed by atoms with E-state index in [2.05, 4.69) is 36.6 Å². The molecule has 1 amide bonds. The molecule has 0 aliphatic carbocycles. The number of halogens is 2. The lowest BCUT2D eigenvalue weighted by Crippen LogP contribution is -2.15. The van der Waals surface area contributed by atoms with Crippen LogP contribution >= 0.6 is 27.5 Å². The number of hydrazine groups is 1. The lowest BCUT2D eigenvalue weighted by Gasteiger charge is -2.08. The number of pyridine rings is 2. The minimum absolute atomic E-state index is 0.175. The summed E-state index contributed by atoms with van der Waals surface area (Å²) in [5.41, 5.74) is 3.29. The molecule has 0 aromatic carbocycles. The summed E-state index contributed by atoms with van der Waals surface area (Å²) in [6, 6.07) is 4.62. The van der Waals surface area contributed by atoms with E-state index in [0.29, 0.717) is 21.5 Å². The van der Waals surface area contributed by atoms with Gasteiger partial charge in [-0.3, -0.25) is 9.78 Å². The average molecular weight is 343 g/mol. The number of hydrogen-bond donors (Lipinski definition) is 3. The summed E-state index contributed by atoms with van der Waals surface area (Å²) in [4.78, 5) is 19.9. The second kappa shape index (κ2) is 5.96. The molecule has 8 heteroatoms. The van der Waals surface area contributed by atoms with Crippen molar-refractivity contribution >= 4 is 44.9 Å². The molecule has 0 spiro atoms. The molecule has 0 radical (unpaired) electrons. The van der Waals surface area contributed by atoms with Crippen molar-refractivity contribution in [2.24, 2.45) is 5.84 Å². The minimum Gasteiger partial charge on any atom is -0.321 e. The molecule has 2 aromatic heterocycles. The Balaban J connectivity index is 2.25. The third kappa shape index (κ3) is 3.40. The number of carbonyl (C=O) groups excluding carboxylic acids is 1. The third-order valence-electron chi connectivity index (χ3n) is 2.22. The SMILES string of the molecule is NNc1cc(C(=O)Nc2ccncc2Br)cc(Cl)n1. The number of nitrogens with two attached hydrogens (primary N) is 1. The van der Waals surface area contributed by atoms with Crippen LogP contribution in [0.2, 0.25) is 5.15 Å². The number of anilines is 2. The van der Waals surface area contributed by atoms with Crippen LogP contribution in [-0.2, 0) is 0 Å². The Bertz CT molecular complexity index is 622. The molecule has 4 N–H and O–H groups in total. The van der Waals surface area contributed by atoms with Crippen LogP contribution in [0.1, 0.15) is 10.4 Å². The number of nitrogen functional groups attached to an aromatic ring is 1. The standard InChI is InChI=1S/C11H9BrClN5O/c12-7-5-15-2-1-8(7)16-11(19)6-3-9(13)17-10(4-6)18-14/h1-5H,14H2,(H,17,18)(H,15,16,19). The highest BCUT2D eigenvalue weighted by Gasteiger charge is 2.10. The van der Waals surface area contributed by atoms with Crippen LogP contribution in [0.3, 0.4) is 0 Å². The van der Waals surface area contributed by atoms with Crippen LogP contribution in [0.25, 0.3) is 0 Å². The first-order valence-corrected chi connectivity index (χ1v) is 6.32. The van der Waals surface area contributed by atoms with Gasteiger partial charge < -0.3 is 10.7 Å². The zero-order chi connectivity index (χ0) is 13.8. The van der Waals surface area contributed by atoms with Gasteiger partial charge in [-0.15, -0.1) is 0 Å². The van der Waals surface area contributed by atoms with Crippen LogP contribution in [0.5, 0.6) is 0 Å². The molecule has 2 heterocycles. The second-order valence-electron chi connectivity index (χ2n) is 3.52. The highest BCUT2D eigenvalue weighted by Crippen LogP contribution is 2.21. The first-order chi connectivity index (χ1) is 9.10. The van der Waals surface area contributed by atoms with Gasteiger partial charge in [-0.25, -0.2) is 10.8 Å². The van der Waals surface area contributed by atoms with E-state index in [9.17, 15) is 4.79 Å². The summed E-state index contributed by atoms with van der Waals surface area (Å²) in [6.07, 6.45) is 3.16. The molecule has 19 heavy (non-hydrogen) atoms. The molecule has 0 saturated heterocycles. The smallest absolute Gasteiger partial charge is 0.255 e. The third-order valence-corrected chi connectivity index (χ3v) is 3.05. The summed E-state index contributed by atoms with van der Waals surface area (Å²) in [5, 5.41) is 2.90. The second-order valence-corrected chi connectivity index (χ2v) is 4.76. The summed E-state index contributed by atoms with van der Waals surface area (Å²) in [6.45, 7) is 0. The average Bonchev–Trinajstić information content (AvgIpc) is 2.40. The van der Waals surface area contributed by atoms with Gasteiger partial charge in [0.15, 0.2) is 0 Å². The molecular formula is C11H9BrClN5O. The van der Waals surface area contributed by atoms with E-state index in [0.717, 1.165) is 0 Å². The fourth-order valence-electron chi connectivity index (χ4n) is 1.37. The van der Waals surface area contributed by atoms with E-state index in [1.807, 2.05) is 0 Å². The fourth-order valence-corrected chi connectivity index (χ4v) is 1.93. The number of rotatable bonds is 3. The Morgan fingerprint density at radius 3 is 2.89 bits per heavy atom. The summed E-state index contributed by atoms with van der Waals surface area (Å²) < 4.78 is 0.681. The van der Waals surface area contributed by atoms with Crippen molar-refractivity contribution in [2.75, 3.05) is 10.7 Å². The van der Waals surface area contributed by atoms with Gasteiger partial charge in [0.05, 0.1) is 10.2 Å². The largest absolute Gasteiger partial charge is 0.321 e. The van der Waals surface area contributed by atoms with Gasteiger partial charge in [-0.2, -0.15) is 0 Å². The van der Waals surface area contributed by atoms with E-state index >= 15 is 0 Å². The van der Waals surface area contributed by atoms with E-state index in [4.69, 9.17) is 17.4 Å². The zero-order valence-corrected chi connectivity index (χ0v) is 11.9. The van der Waals surface area contributed by atoms with Crippen molar-refractivity contribution in [3.05, 3.63) is 45.8 Å². The Hall–Kier alpha value is -1.70. The normalized spacial score (nSPS) is 10.1. The maximum Gasteiger partial charge on any atom is 0.255 e. The molecule has 98 valence electrons. The molecular weight excluding hydrogens is 334 g/mol. The predicted molar refractivity (Wildman–Crippen MR) is 76.9 cm³/mol. The monoisotopic (exact) mass is 341 g/mol. The van der Waals surface area contributed by atoms with E-state index < -0.39 is 0 Å². The summed E-state index contributed by atoms with van der Waals surface area (Å²) in [7, 11) is 0. The number of amides is 1. The van der Waals surface area contributed by atoms with Gasteiger partial charge >= 0.3 is 0 Å². The molecule has 0 atom stereocenters. The van der Waals surface area contributed by atoms with E-state index in [1.165, 1.54) is 12.1 Å². The van der Waals surface area contributed by atoms with Gasteiger partial charge in [-0.1, -0.05) is 11.6 Å². The van der Waals surface area contributed by atoms with Crippen LogP contribution in [0, 0.1) is 0 Å². The van der Waals surface area contributed by atoms with E-state index in [1.54, 1.807) is 18.5 Å². The van der Waals surface area contributed by atoms with Crippen LogP contribution in [0.15, 0.2) is 35.1 Å². The lowest BCUT2D eigenvalue weighted by molar-refractivity contribution is 0.102. The molecule has 0 bridgehead atoms. The van der Waals surface area contributed by atoms with Crippen molar-refractivity contribution in [3.63, 3.8) is 0 Å². The van der Waals surface area contributed by atoms with Crippen LogP contribution < -0.4 is 16.6 Å². The fraction of sp³-hybridized carbons (Fsp3) is 0. The molecule has 6 nitrogen and oxygen atoms in total. The lowest BCUT2D eigenvalue weighted by atomic mass is 10.2. The summed E-state index contributed by atoms with van der Waals surface area (Å²) in [5.74, 6) is 5.23. The molecule has 0 saturated carbocycles. The Morgan fingerprint density at radius 2 is 2.21 bits per heavy atom. The minimum atomic E-state index is -0.326. The van der Waals surface area contributed by atoms with Crippen molar-refractivity contribution in [1.82, 2.24) is 9.97 Å². The van der Waals surface area contributed by atoms with Crippen molar-refractivity contribution < 1.29 is 4.79 Å². The number of hydrogen-bond acceptors (Lipinski definition) is 5. The number of aromatic nitrogens is 2. The Kier molecular flexibility index (Phi) is 4.31. The highest BCUT2D eigenvalue weighted by atomic mass is 79.9. The van der Waals surface area contributed by atoms with Crippen LogP contribution in [-0.4, -0.2) is 15.9 Å². The van der Waals surface area contributed by atoms with E-state index in [-0.39, 0.29) is 11.1 Å². The predicted octanol–water partition coefficient (Wildman–Crippen LogP) is 2.43. The van der Waals surface area contributed by atoms with Crippen molar-refractivity contribution in [1.29, 1.82) is 0 Å². The van der Waals surface area contributed by atoms with Gasteiger partial charge in [0.1, 0.15) is 11.0 Å². The van der Waals surface area contributed by atoms with Crippen molar-refractivity contribution in [2.45, 2.75) is 0 Å². The maximum atomic E-state index is 12.1. The molecule has 2 aromatic rings. The van der Waals surface area contributed by atoms with Crippen molar-refractivity contribution in [3.8, 4) is 0 Å². The van der Waals surface area contributed by atoms with Crippen LogP contribution in [0.4, 0.5) is 11.5 Å². The number of carbonyl (C=O) groups is 1.